The van der Waals surface area contributed by atoms with Crippen LogP contribution in [0.3, 0.4) is 0 Å². The van der Waals surface area contributed by atoms with Gasteiger partial charge in [-0.2, -0.15) is 5.10 Å². The minimum absolute atomic E-state index is 0.372. The summed E-state index contributed by atoms with van der Waals surface area (Å²) < 4.78 is 13.0. The second-order valence-electron chi connectivity index (χ2n) is 4.62. The van der Waals surface area contributed by atoms with E-state index < -0.39 is 11.8 Å². The van der Waals surface area contributed by atoms with Crippen molar-refractivity contribution in [2.75, 3.05) is 10.6 Å². The van der Waals surface area contributed by atoms with Gasteiger partial charge in [0.1, 0.15) is 5.82 Å². The summed E-state index contributed by atoms with van der Waals surface area (Å²) in [5.41, 5.74) is 2.13. The van der Waals surface area contributed by atoms with Crippen LogP contribution in [0.5, 0.6) is 0 Å². The van der Waals surface area contributed by atoms with E-state index in [-0.39, 0.29) is 0 Å². The quantitative estimate of drug-likeness (QED) is 0.687. The summed E-state index contributed by atoms with van der Waals surface area (Å²) in [6.07, 6.45) is 0. The molecule has 3 rings (SSSR count). The molecule has 5 nitrogen and oxygen atoms in total. The Balaban J connectivity index is 1.66. The number of anilines is 2. The van der Waals surface area contributed by atoms with E-state index in [0.717, 1.165) is 11.3 Å². The van der Waals surface area contributed by atoms with E-state index in [1.54, 1.807) is 12.1 Å². The van der Waals surface area contributed by atoms with E-state index in [4.69, 9.17) is 0 Å². The molecule has 22 heavy (non-hydrogen) atoms. The van der Waals surface area contributed by atoms with Crippen molar-refractivity contribution in [2.45, 2.75) is 0 Å². The average Bonchev–Trinajstić information content (AvgIpc) is 2.96. The molecule has 0 bridgehead atoms. The monoisotopic (exact) mass is 296 g/mol. The van der Waals surface area contributed by atoms with Crippen molar-refractivity contribution in [2.24, 2.45) is 0 Å². The van der Waals surface area contributed by atoms with Crippen LogP contribution in [0.4, 0.5) is 20.7 Å². The Hall–Kier alpha value is -3.15. The number of nitrogens with zero attached hydrogens (tertiary/aromatic N) is 1. The van der Waals surface area contributed by atoms with Crippen molar-refractivity contribution >= 4 is 17.5 Å². The van der Waals surface area contributed by atoms with Crippen LogP contribution in [0, 0.1) is 5.82 Å². The second-order valence-corrected chi connectivity index (χ2v) is 4.62. The molecule has 0 atom stereocenters. The number of urea groups is 1. The Morgan fingerprint density at radius 1 is 1.00 bits per heavy atom. The molecule has 0 unspecified atom stereocenters. The van der Waals surface area contributed by atoms with Crippen LogP contribution in [0.15, 0.2) is 60.7 Å². The SMILES string of the molecule is O=C(Nc1cccc(F)c1)Nc1cc(-c2ccccc2)[nH]n1. The topological polar surface area (TPSA) is 69.8 Å². The molecule has 2 amide bonds. The molecule has 0 radical (unpaired) electrons. The first-order chi connectivity index (χ1) is 10.7. The molecule has 0 aliphatic carbocycles. The van der Waals surface area contributed by atoms with Gasteiger partial charge in [-0.25, -0.2) is 9.18 Å². The smallest absolute Gasteiger partial charge is 0.308 e. The number of amides is 2. The maximum Gasteiger partial charge on any atom is 0.324 e. The summed E-state index contributed by atoms with van der Waals surface area (Å²) >= 11 is 0. The van der Waals surface area contributed by atoms with Crippen molar-refractivity contribution in [1.82, 2.24) is 10.2 Å². The van der Waals surface area contributed by atoms with Gasteiger partial charge >= 0.3 is 6.03 Å². The van der Waals surface area contributed by atoms with Crippen LogP contribution in [0.2, 0.25) is 0 Å². The molecule has 0 saturated heterocycles. The highest BCUT2D eigenvalue weighted by atomic mass is 19.1. The van der Waals surface area contributed by atoms with Gasteiger partial charge in [0.25, 0.3) is 0 Å². The minimum Gasteiger partial charge on any atom is -0.308 e. The van der Waals surface area contributed by atoms with Gasteiger partial charge < -0.3 is 5.32 Å². The third-order valence-corrected chi connectivity index (χ3v) is 2.99. The Labute approximate surface area is 126 Å². The van der Waals surface area contributed by atoms with Gasteiger partial charge in [0, 0.05) is 11.8 Å². The van der Waals surface area contributed by atoms with Crippen LogP contribution in [0.25, 0.3) is 11.3 Å². The zero-order valence-corrected chi connectivity index (χ0v) is 11.5. The number of benzene rings is 2. The number of aromatic nitrogens is 2. The second kappa shape index (κ2) is 6.09. The predicted octanol–water partition coefficient (Wildman–Crippen LogP) is 3.86. The van der Waals surface area contributed by atoms with Gasteiger partial charge in [-0.15, -0.1) is 0 Å². The number of hydrogen-bond acceptors (Lipinski definition) is 2. The van der Waals surface area contributed by atoms with E-state index in [2.05, 4.69) is 20.8 Å². The van der Waals surface area contributed by atoms with E-state index in [9.17, 15) is 9.18 Å². The molecule has 6 heteroatoms. The summed E-state index contributed by atoms with van der Waals surface area (Å²) in [4.78, 5) is 11.8. The van der Waals surface area contributed by atoms with E-state index in [1.165, 1.54) is 18.2 Å². The Morgan fingerprint density at radius 3 is 2.59 bits per heavy atom. The van der Waals surface area contributed by atoms with Gasteiger partial charge in [0.05, 0.1) is 5.69 Å². The first kappa shape index (κ1) is 13.8. The highest BCUT2D eigenvalue weighted by molar-refractivity contribution is 5.99. The highest BCUT2D eigenvalue weighted by Gasteiger charge is 2.07. The summed E-state index contributed by atoms with van der Waals surface area (Å²) in [5.74, 6) is -0.0308. The lowest BCUT2D eigenvalue weighted by Crippen LogP contribution is -2.19. The number of halogens is 1. The van der Waals surface area contributed by atoms with Crippen molar-refractivity contribution in [3.05, 3.63) is 66.5 Å². The van der Waals surface area contributed by atoms with Gasteiger partial charge in [0.15, 0.2) is 5.82 Å². The van der Waals surface area contributed by atoms with Crippen LogP contribution >= 0.6 is 0 Å². The largest absolute Gasteiger partial charge is 0.324 e. The first-order valence-electron chi connectivity index (χ1n) is 6.65. The van der Waals surface area contributed by atoms with Crippen molar-refractivity contribution in [1.29, 1.82) is 0 Å². The number of rotatable bonds is 3. The van der Waals surface area contributed by atoms with Gasteiger partial charge in [0.2, 0.25) is 0 Å². The van der Waals surface area contributed by atoms with E-state index in [1.807, 2.05) is 30.3 Å². The summed E-state index contributed by atoms with van der Waals surface area (Å²) in [5, 5.41) is 12.0. The minimum atomic E-state index is -0.489. The number of hydrogen-bond donors (Lipinski definition) is 3. The molecule has 3 N–H and O–H groups in total. The fourth-order valence-electron chi connectivity index (χ4n) is 2.00. The Kier molecular flexibility index (Phi) is 3.82. The fourth-order valence-corrected chi connectivity index (χ4v) is 2.00. The lowest BCUT2D eigenvalue weighted by molar-refractivity contribution is 0.262. The maximum absolute atomic E-state index is 13.0. The molecule has 3 aromatic rings. The lowest BCUT2D eigenvalue weighted by Gasteiger charge is -2.05. The van der Waals surface area contributed by atoms with Gasteiger partial charge in [-0.1, -0.05) is 36.4 Å². The number of H-pyrrole nitrogens is 1. The molecule has 0 saturated carbocycles. The van der Waals surface area contributed by atoms with Crippen LogP contribution in [-0.2, 0) is 0 Å². The number of aromatic amines is 1. The number of carbonyl (C=O) groups is 1. The standard InChI is InChI=1S/C16H13FN4O/c17-12-7-4-8-13(9-12)18-16(22)19-15-10-14(20-21-15)11-5-2-1-3-6-11/h1-10H,(H3,18,19,20,21,22). The van der Waals surface area contributed by atoms with Crippen molar-refractivity contribution in [3.8, 4) is 11.3 Å². The zero-order chi connectivity index (χ0) is 15.4. The molecule has 0 spiro atoms. The molecule has 110 valence electrons. The molecular weight excluding hydrogens is 283 g/mol. The summed E-state index contributed by atoms with van der Waals surface area (Å²) in [7, 11) is 0. The van der Waals surface area contributed by atoms with E-state index >= 15 is 0 Å². The molecule has 1 aromatic heterocycles. The third-order valence-electron chi connectivity index (χ3n) is 2.99. The van der Waals surface area contributed by atoms with Crippen molar-refractivity contribution in [3.63, 3.8) is 0 Å². The predicted molar refractivity (Wildman–Crippen MR) is 83.1 cm³/mol. The van der Waals surface area contributed by atoms with Crippen LogP contribution < -0.4 is 10.6 Å². The van der Waals surface area contributed by atoms with Crippen molar-refractivity contribution < 1.29 is 9.18 Å². The fraction of sp³-hybridized carbons (Fsp3) is 0. The lowest BCUT2D eigenvalue weighted by atomic mass is 10.2. The summed E-state index contributed by atoms with van der Waals surface area (Å²) in [6, 6.07) is 16.5. The molecule has 1 heterocycles. The number of carbonyl (C=O) groups excluding carboxylic acids is 1. The number of nitrogens with one attached hydrogen (secondary N) is 3. The molecule has 2 aromatic carbocycles. The highest BCUT2D eigenvalue weighted by Crippen LogP contribution is 2.19. The Bertz CT molecular complexity index is 786. The van der Waals surface area contributed by atoms with E-state index in [0.29, 0.717) is 11.5 Å². The third kappa shape index (κ3) is 3.29. The van der Waals surface area contributed by atoms with Crippen LogP contribution in [-0.4, -0.2) is 16.2 Å². The Morgan fingerprint density at radius 2 is 1.82 bits per heavy atom. The molecule has 0 aliphatic rings. The molecule has 0 fully saturated rings. The summed E-state index contributed by atoms with van der Waals surface area (Å²) in [6.45, 7) is 0. The van der Waals surface area contributed by atoms with Crippen LogP contribution in [0.1, 0.15) is 0 Å². The molecule has 0 aliphatic heterocycles. The van der Waals surface area contributed by atoms with Gasteiger partial charge in [-0.3, -0.25) is 10.4 Å². The first-order valence-corrected chi connectivity index (χ1v) is 6.65. The molecular formula is C16H13FN4O. The maximum atomic E-state index is 13.0. The average molecular weight is 296 g/mol. The normalized spacial score (nSPS) is 10.2. The zero-order valence-electron chi connectivity index (χ0n) is 11.5. The van der Waals surface area contributed by atoms with Gasteiger partial charge in [-0.05, 0) is 23.8 Å².